The summed E-state index contributed by atoms with van der Waals surface area (Å²) in [5.41, 5.74) is 3.73. The number of hydrogen-bond acceptors (Lipinski definition) is 2. The molecule has 0 unspecified atom stereocenters. The van der Waals surface area contributed by atoms with Crippen molar-refractivity contribution in [1.29, 1.82) is 0 Å². The molecule has 1 aromatic rings. The van der Waals surface area contributed by atoms with Gasteiger partial charge in [-0.2, -0.15) is 0 Å². The van der Waals surface area contributed by atoms with Crippen LogP contribution in [0.1, 0.15) is 30.5 Å². The molecule has 2 heteroatoms. The van der Waals surface area contributed by atoms with E-state index in [1.807, 2.05) is 0 Å². The van der Waals surface area contributed by atoms with E-state index < -0.39 is 0 Å². The zero-order valence-electron chi connectivity index (χ0n) is 9.42. The van der Waals surface area contributed by atoms with Crippen LogP contribution in [0, 0.1) is 0 Å². The fraction of sp³-hybridized carbons (Fsp3) is 0.538. The molecule has 15 heavy (non-hydrogen) atoms. The normalized spacial score (nSPS) is 16.2. The molecule has 0 aromatic heterocycles. The molecular weight excluding hydrogens is 188 g/mol. The van der Waals surface area contributed by atoms with Crippen molar-refractivity contribution in [3.8, 4) is 0 Å². The fourth-order valence-corrected chi connectivity index (χ4v) is 1.88. The van der Waals surface area contributed by atoms with Gasteiger partial charge in [0.15, 0.2) is 0 Å². The zero-order valence-corrected chi connectivity index (χ0v) is 9.42. The first-order valence-electron chi connectivity index (χ1n) is 5.44. The standard InChI is InChI=1S/C13H18O2/c1-13(2,9-14)12-4-3-11-8-15-6-5-10(11)7-12/h3-4,7,14H,5-6,8-9H2,1-2H3. The Hall–Kier alpha value is -0.860. The maximum Gasteiger partial charge on any atom is 0.0719 e. The molecule has 1 aliphatic rings. The van der Waals surface area contributed by atoms with Crippen LogP contribution in [0.25, 0.3) is 0 Å². The van der Waals surface area contributed by atoms with Gasteiger partial charge < -0.3 is 9.84 Å². The Morgan fingerprint density at radius 2 is 2.13 bits per heavy atom. The lowest BCUT2D eigenvalue weighted by Crippen LogP contribution is -2.23. The van der Waals surface area contributed by atoms with E-state index in [1.165, 1.54) is 16.7 Å². The highest BCUT2D eigenvalue weighted by Gasteiger charge is 2.21. The third-order valence-electron chi connectivity index (χ3n) is 3.16. The summed E-state index contributed by atoms with van der Waals surface area (Å²) in [6, 6.07) is 6.44. The summed E-state index contributed by atoms with van der Waals surface area (Å²) < 4.78 is 5.40. The largest absolute Gasteiger partial charge is 0.395 e. The second-order valence-corrected chi connectivity index (χ2v) is 4.83. The minimum atomic E-state index is -0.146. The van der Waals surface area contributed by atoms with Crippen molar-refractivity contribution >= 4 is 0 Å². The Labute approximate surface area is 90.9 Å². The summed E-state index contributed by atoms with van der Waals surface area (Å²) in [7, 11) is 0. The number of aliphatic hydroxyl groups excluding tert-OH is 1. The highest BCUT2D eigenvalue weighted by molar-refractivity contribution is 5.36. The lowest BCUT2D eigenvalue weighted by Gasteiger charge is -2.25. The van der Waals surface area contributed by atoms with Gasteiger partial charge in [-0.25, -0.2) is 0 Å². The number of aliphatic hydroxyl groups is 1. The Morgan fingerprint density at radius 3 is 2.87 bits per heavy atom. The van der Waals surface area contributed by atoms with Crippen LogP contribution in [0.3, 0.4) is 0 Å². The van der Waals surface area contributed by atoms with Crippen molar-refractivity contribution in [2.24, 2.45) is 0 Å². The van der Waals surface area contributed by atoms with E-state index in [0.29, 0.717) is 0 Å². The van der Waals surface area contributed by atoms with E-state index in [-0.39, 0.29) is 12.0 Å². The predicted octanol–water partition coefficient (Wildman–Crippen LogP) is 2.03. The molecule has 0 atom stereocenters. The highest BCUT2D eigenvalue weighted by atomic mass is 16.5. The quantitative estimate of drug-likeness (QED) is 0.802. The number of hydrogen-bond donors (Lipinski definition) is 1. The first-order chi connectivity index (χ1) is 7.13. The summed E-state index contributed by atoms with van der Waals surface area (Å²) in [5.74, 6) is 0. The molecule has 0 bridgehead atoms. The molecule has 1 aliphatic heterocycles. The van der Waals surface area contributed by atoms with Gasteiger partial charge in [-0.15, -0.1) is 0 Å². The van der Waals surface area contributed by atoms with Gasteiger partial charge in [0.05, 0.1) is 19.8 Å². The topological polar surface area (TPSA) is 29.5 Å². The van der Waals surface area contributed by atoms with Crippen molar-refractivity contribution in [3.05, 3.63) is 34.9 Å². The monoisotopic (exact) mass is 206 g/mol. The molecule has 2 rings (SSSR count). The van der Waals surface area contributed by atoms with E-state index >= 15 is 0 Å². The first-order valence-corrected chi connectivity index (χ1v) is 5.44. The molecular formula is C13H18O2. The lowest BCUT2D eigenvalue weighted by molar-refractivity contribution is 0.110. The predicted molar refractivity (Wildman–Crippen MR) is 59.9 cm³/mol. The van der Waals surface area contributed by atoms with Gasteiger partial charge in [-0.05, 0) is 23.1 Å². The number of rotatable bonds is 2. The van der Waals surface area contributed by atoms with Gasteiger partial charge in [-0.1, -0.05) is 32.0 Å². The number of fused-ring (bicyclic) bond motifs is 1. The van der Waals surface area contributed by atoms with Crippen molar-refractivity contribution in [2.75, 3.05) is 13.2 Å². The molecule has 0 aliphatic carbocycles. The SMILES string of the molecule is CC(C)(CO)c1ccc2c(c1)CCOC2. The van der Waals surface area contributed by atoms with Crippen LogP contribution in [0.4, 0.5) is 0 Å². The van der Waals surface area contributed by atoms with Gasteiger partial charge in [0, 0.05) is 5.41 Å². The molecule has 0 spiro atoms. The van der Waals surface area contributed by atoms with E-state index in [0.717, 1.165) is 19.6 Å². The highest BCUT2D eigenvalue weighted by Crippen LogP contribution is 2.26. The first kappa shape index (κ1) is 10.7. The average molecular weight is 206 g/mol. The van der Waals surface area contributed by atoms with Crippen molar-refractivity contribution in [3.63, 3.8) is 0 Å². The minimum Gasteiger partial charge on any atom is -0.395 e. The average Bonchev–Trinajstić information content (AvgIpc) is 2.28. The van der Waals surface area contributed by atoms with E-state index in [2.05, 4.69) is 32.0 Å². The Bertz CT molecular complexity index is 356. The van der Waals surface area contributed by atoms with Gasteiger partial charge in [0.1, 0.15) is 0 Å². The van der Waals surface area contributed by atoms with Gasteiger partial charge >= 0.3 is 0 Å². The summed E-state index contributed by atoms with van der Waals surface area (Å²) in [4.78, 5) is 0. The minimum absolute atomic E-state index is 0.146. The Kier molecular flexibility index (Phi) is 2.81. The Balaban J connectivity index is 2.36. The molecule has 0 radical (unpaired) electrons. The lowest BCUT2D eigenvalue weighted by atomic mass is 9.83. The smallest absolute Gasteiger partial charge is 0.0719 e. The maximum atomic E-state index is 9.33. The Morgan fingerprint density at radius 1 is 1.33 bits per heavy atom. The van der Waals surface area contributed by atoms with Crippen LogP contribution in [-0.4, -0.2) is 18.3 Å². The molecule has 0 saturated heterocycles. The van der Waals surface area contributed by atoms with Crippen LogP contribution < -0.4 is 0 Å². The molecule has 1 aromatic carbocycles. The molecule has 0 fully saturated rings. The van der Waals surface area contributed by atoms with Crippen LogP contribution in [0.15, 0.2) is 18.2 Å². The maximum absolute atomic E-state index is 9.33. The third-order valence-corrected chi connectivity index (χ3v) is 3.16. The summed E-state index contributed by atoms with van der Waals surface area (Å²) in [6.07, 6.45) is 0.991. The second kappa shape index (κ2) is 3.95. The second-order valence-electron chi connectivity index (χ2n) is 4.83. The molecule has 2 nitrogen and oxygen atoms in total. The van der Waals surface area contributed by atoms with Crippen molar-refractivity contribution in [1.82, 2.24) is 0 Å². The van der Waals surface area contributed by atoms with E-state index in [1.54, 1.807) is 0 Å². The molecule has 0 amide bonds. The molecule has 82 valence electrons. The van der Waals surface area contributed by atoms with Crippen molar-refractivity contribution in [2.45, 2.75) is 32.3 Å². The van der Waals surface area contributed by atoms with E-state index in [9.17, 15) is 5.11 Å². The van der Waals surface area contributed by atoms with Gasteiger partial charge in [0.2, 0.25) is 0 Å². The summed E-state index contributed by atoms with van der Waals surface area (Å²) in [5, 5.41) is 9.33. The zero-order chi connectivity index (χ0) is 10.9. The van der Waals surface area contributed by atoms with Gasteiger partial charge in [-0.3, -0.25) is 0 Å². The summed E-state index contributed by atoms with van der Waals surface area (Å²) in [6.45, 7) is 5.86. The van der Waals surface area contributed by atoms with Crippen LogP contribution in [0.5, 0.6) is 0 Å². The fourth-order valence-electron chi connectivity index (χ4n) is 1.88. The van der Waals surface area contributed by atoms with Crippen molar-refractivity contribution < 1.29 is 9.84 Å². The molecule has 1 N–H and O–H groups in total. The van der Waals surface area contributed by atoms with Crippen LogP contribution in [-0.2, 0) is 23.2 Å². The van der Waals surface area contributed by atoms with Gasteiger partial charge in [0.25, 0.3) is 0 Å². The van der Waals surface area contributed by atoms with Crippen LogP contribution in [0.2, 0.25) is 0 Å². The van der Waals surface area contributed by atoms with E-state index in [4.69, 9.17) is 4.74 Å². The number of ether oxygens (including phenoxy) is 1. The summed E-state index contributed by atoms with van der Waals surface area (Å²) >= 11 is 0. The molecule has 0 saturated carbocycles. The molecule has 1 heterocycles. The third kappa shape index (κ3) is 2.06. The van der Waals surface area contributed by atoms with Crippen LogP contribution >= 0.6 is 0 Å². The number of benzene rings is 1.